The molecule has 0 saturated heterocycles. The third-order valence-corrected chi connectivity index (χ3v) is 0. The van der Waals surface area contributed by atoms with Crippen LogP contribution in [0.2, 0.25) is 0 Å². The maximum absolute atomic E-state index is 0. The van der Waals surface area contributed by atoms with E-state index in [-0.39, 0.29) is 107 Å². The molecular formula is H2HfO2SrTi. The van der Waals surface area contributed by atoms with E-state index in [1.165, 1.54) is 0 Å². The standard InChI is InChI=1S/Hf.2O.Sr.Ti.2H/q;2*-2;+2;+4;2*-1. The Morgan fingerprint density at radius 2 is 1.00 bits per heavy atom. The van der Waals surface area contributed by atoms with Crippen molar-refractivity contribution in [3.05, 3.63) is 0 Å². The molecule has 0 bridgehead atoms. The van der Waals surface area contributed by atoms with E-state index in [1.54, 1.807) is 0 Å². The van der Waals surface area contributed by atoms with Crippen LogP contribution in [0.15, 0.2) is 0 Å². The van der Waals surface area contributed by atoms with Gasteiger partial charge in [0.2, 0.25) is 0 Å². The summed E-state index contributed by atoms with van der Waals surface area (Å²) >= 11 is 0. The molecule has 0 saturated carbocycles. The van der Waals surface area contributed by atoms with Crippen LogP contribution in [-0.2, 0) is 58.5 Å². The van der Waals surface area contributed by atoms with Crippen LogP contribution in [0.5, 0.6) is 0 Å². The molecule has 5 heteroatoms. The van der Waals surface area contributed by atoms with Gasteiger partial charge in [-0.1, -0.05) is 0 Å². The Morgan fingerprint density at radius 3 is 1.00 bits per heavy atom. The van der Waals surface area contributed by atoms with Gasteiger partial charge >= 0.3 is 67.2 Å². The summed E-state index contributed by atoms with van der Waals surface area (Å²) in [6, 6.07) is 0. The fraction of sp³-hybridized carbons (Fsp3) is 0. The maximum atomic E-state index is 0. The second-order valence-electron chi connectivity index (χ2n) is 0. The normalized spacial score (nSPS) is 0. The molecule has 0 atom stereocenters. The van der Waals surface area contributed by atoms with E-state index in [4.69, 9.17) is 0 Å². The molecule has 0 radical (unpaired) electrons. The Hall–Kier alpha value is 2.98. The second kappa shape index (κ2) is 28.1. The smallest absolute Gasteiger partial charge is 2.00 e. The monoisotopic (exact) mass is 350 g/mol. The Morgan fingerprint density at radius 1 is 1.00 bits per heavy atom. The molecule has 0 aromatic carbocycles. The van der Waals surface area contributed by atoms with Gasteiger partial charge in [0.1, 0.15) is 0 Å². The van der Waals surface area contributed by atoms with Crippen LogP contribution in [0.25, 0.3) is 0 Å². The minimum atomic E-state index is 0. The first-order chi connectivity index (χ1) is 0. The summed E-state index contributed by atoms with van der Waals surface area (Å²) in [4.78, 5) is 0. The predicted octanol–water partition coefficient (Wildman–Crippen LogP) is -0.398. The van der Waals surface area contributed by atoms with Crippen LogP contribution in [0.1, 0.15) is 2.85 Å². The molecule has 0 spiro atoms. The molecule has 0 aliphatic carbocycles. The van der Waals surface area contributed by atoms with E-state index in [0.29, 0.717) is 0 Å². The second-order valence-corrected chi connectivity index (χ2v) is 0. The van der Waals surface area contributed by atoms with Crippen molar-refractivity contribution < 1.29 is 61.4 Å². The fourth-order valence-corrected chi connectivity index (χ4v) is 0. The summed E-state index contributed by atoms with van der Waals surface area (Å²) in [7, 11) is 0. The molecular weight excluding hydrogens is 346 g/mol. The van der Waals surface area contributed by atoms with Gasteiger partial charge in [-0.15, -0.1) is 0 Å². The van der Waals surface area contributed by atoms with Crippen molar-refractivity contribution in [2.24, 2.45) is 0 Å². The molecule has 0 rings (SSSR count). The van der Waals surface area contributed by atoms with E-state index in [9.17, 15) is 0 Å². The summed E-state index contributed by atoms with van der Waals surface area (Å²) in [5, 5.41) is 0. The zero-order valence-corrected chi connectivity index (χ0v) is 11.2. The minimum absolute atomic E-state index is 0. The summed E-state index contributed by atoms with van der Waals surface area (Å²) < 4.78 is 0. The predicted molar refractivity (Wildman–Crippen MR) is 9.35 cm³/mol. The van der Waals surface area contributed by atoms with Gasteiger partial charge in [0.05, 0.1) is 0 Å². The Balaban J connectivity index is 0. The zero-order chi connectivity index (χ0) is 0. The van der Waals surface area contributed by atoms with Crippen molar-refractivity contribution in [1.82, 2.24) is 0 Å². The summed E-state index contributed by atoms with van der Waals surface area (Å²) in [6.07, 6.45) is 0. The van der Waals surface area contributed by atoms with Crippen molar-refractivity contribution in [2.45, 2.75) is 0 Å². The van der Waals surface area contributed by atoms with Crippen LogP contribution in [0, 0.1) is 0 Å². The van der Waals surface area contributed by atoms with Crippen molar-refractivity contribution in [2.75, 3.05) is 0 Å². The minimum Gasteiger partial charge on any atom is -2.00 e. The molecule has 0 aromatic heterocycles. The van der Waals surface area contributed by atoms with E-state index in [2.05, 4.69) is 0 Å². The Labute approximate surface area is 105 Å². The Bertz CT molecular complexity index is 15.7. The van der Waals surface area contributed by atoms with Gasteiger partial charge in [-0.25, -0.2) is 0 Å². The van der Waals surface area contributed by atoms with E-state index >= 15 is 0 Å². The zero-order valence-electron chi connectivity index (χ0n) is 4.52. The van der Waals surface area contributed by atoms with Gasteiger partial charge < -0.3 is 13.8 Å². The summed E-state index contributed by atoms with van der Waals surface area (Å²) in [6.45, 7) is 0. The van der Waals surface area contributed by atoms with Gasteiger partial charge in [0.25, 0.3) is 0 Å². The van der Waals surface area contributed by atoms with Gasteiger partial charge in [-0.2, -0.15) is 0 Å². The Kier molecular flexibility index (Phi) is 246. The third-order valence-electron chi connectivity index (χ3n) is 0. The molecule has 0 aromatic rings. The van der Waals surface area contributed by atoms with Crippen LogP contribution in [0.3, 0.4) is 0 Å². The van der Waals surface area contributed by atoms with Crippen molar-refractivity contribution in [3.8, 4) is 0 Å². The molecule has 0 heterocycles. The van der Waals surface area contributed by atoms with E-state index in [1.807, 2.05) is 0 Å². The first-order valence-corrected chi connectivity index (χ1v) is 0. The van der Waals surface area contributed by atoms with Gasteiger partial charge in [0.15, 0.2) is 0 Å². The fourth-order valence-electron chi connectivity index (χ4n) is 0. The van der Waals surface area contributed by atoms with E-state index in [0.717, 1.165) is 0 Å². The largest absolute Gasteiger partial charge is 4.00 e. The number of hydrogen-bond acceptors (Lipinski definition) is 0. The number of rotatable bonds is 0. The summed E-state index contributed by atoms with van der Waals surface area (Å²) in [5.41, 5.74) is 0. The van der Waals surface area contributed by atoms with Gasteiger partial charge in [-0.3, -0.25) is 0 Å². The molecule has 0 N–H and O–H groups in total. The average molecular weight is 348 g/mol. The molecule has 0 unspecified atom stereocenters. The van der Waals surface area contributed by atoms with Crippen LogP contribution < -0.4 is 0 Å². The summed E-state index contributed by atoms with van der Waals surface area (Å²) in [5.74, 6) is 0. The van der Waals surface area contributed by atoms with E-state index < -0.39 is 0 Å². The molecule has 0 amide bonds. The molecule has 0 aliphatic heterocycles. The maximum Gasteiger partial charge on any atom is 4.00 e. The first-order valence-electron chi connectivity index (χ1n) is 0. The van der Waals surface area contributed by atoms with Crippen LogP contribution in [-0.4, -0.2) is 45.5 Å². The first kappa shape index (κ1) is 43.7. The molecule has 0 fully saturated rings. The molecule has 24 valence electrons. The molecule has 5 heavy (non-hydrogen) atoms. The third kappa shape index (κ3) is 19.5. The van der Waals surface area contributed by atoms with Crippen molar-refractivity contribution in [1.29, 1.82) is 0 Å². The van der Waals surface area contributed by atoms with Crippen LogP contribution in [0.4, 0.5) is 0 Å². The average Bonchev–Trinajstić information content (AvgIpc) is 0. The SMILES string of the molecule is [H-].[H-].[Hf].[O-2].[O-2].[Sr+2].[Ti+4]. The van der Waals surface area contributed by atoms with Crippen LogP contribution >= 0.6 is 0 Å². The van der Waals surface area contributed by atoms with Gasteiger partial charge in [0, 0.05) is 25.8 Å². The topological polar surface area (TPSA) is 57.0 Å². The molecule has 0 aliphatic rings. The van der Waals surface area contributed by atoms with Crippen molar-refractivity contribution in [3.63, 3.8) is 0 Å². The number of hydrogen-bond donors (Lipinski definition) is 0. The van der Waals surface area contributed by atoms with Gasteiger partial charge in [-0.05, 0) is 0 Å². The quantitative estimate of drug-likeness (QED) is 0.536. The van der Waals surface area contributed by atoms with Crippen molar-refractivity contribution >= 4 is 45.5 Å². The molecule has 2 nitrogen and oxygen atoms in total.